The lowest BCUT2D eigenvalue weighted by molar-refractivity contribution is -0.128. The highest BCUT2D eigenvalue weighted by Crippen LogP contribution is 2.50. The van der Waals surface area contributed by atoms with Gasteiger partial charge in [-0.1, -0.05) is 53.5 Å². The van der Waals surface area contributed by atoms with Crippen molar-refractivity contribution in [2.24, 2.45) is 11.8 Å². The van der Waals surface area contributed by atoms with Crippen molar-refractivity contribution in [3.63, 3.8) is 0 Å². The number of rotatable bonds is 6. The fraction of sp³-hybridized carbons (Fsp3) is 0.375. The van der Waals surface area contributed by atoms with Crippen molar-refractivity contribution in [1.82, 2.24) is 5.32 Å². The van der Waals surface area contributed by atoms with Crippen LogP contribution in [0.25, 0.3) is 0 Å². The van der Waals surface area contributed by atoms with E-state index < -0.39 is 0 Å². The molecule has 2 aromatic rings. The van der Waals surface area contributed by atoms with E-state index in [9.17, 15) is 4.79 Å². The van der Waals surface area contributed by atoms with Crippen molar-refractivity contribution >= 4 is 29.1 Å². The molecule has 1 saturated heterocycles. The van der Waals surface area contributed by atoms with Crippen molar-refractivity contribution in [2.45, 2.75) is 43.6 Å². The zero-order valence-electron chi connectivity index (χ0n) is 15.8. The maximum Gasteiger partial charge on any atom is 0.223 e. The van der Waals surface area contributed by atoms with Gasteiger partial charge >= 0.3 is 0 Å². The minimum absolute atomic E-state index is 0.0391. The summed E-state index contributed by atoms with van der Waals surface area (Å²) in [5.74, 6) is 1.22. The first-order valence-electron chi connectivity index (χ1n) is 9.99. The van der Waals surface area contributed by atoms with Crippen LogP contribution in [0.5, 0.6) is 0 Å². The molecule has 146 valence electrons. The lowest BCUT2D eigenvalue weighted by Crippen LogP contribution is -2.51. The highest BCUT2D eigenvalue weighted by atomic mass is 35.5. The van der Waals surface area contributed by atoms with Gasteiger partial charge in [-0.25, -0.2) is 0 Å². The quantitative estimate of drug-likeness (QED) is 0.548. The molecule has 1 saturated carbocycles. The number of halogens is 2. The van der Waals surface area contributed by atoms with Gasteiger partial charge in [0.05, 0.1) is 0 Å². The van der Waals surface area contributed by atoms with Crippen LogP contribution in [-0.2, 0) is 4.79 Å². The molecule has 1 N–H and O–H groups in total. The molecule has 28 heavy (non-hydrogen) atoms. The average Bonchev–Trinajstić information content (AvgIpc) is 3.51. The predicted octanol–water partition coefficient (Wildman–Crippen LogP) is 6.35. The second kappa shape index (κ2) is 8.31. The summed E-state index contributed by atoms with van der Waals surface area (Å²) in [6.07, 6.45) is 5.78. The third kappa shape index (κ3) is 4.14. The normalized spacial score (nSPS) is 25.8. The minimum atomic E-state index is -0.0391. The third-order valence-electron chi connectivity index (χ3n) is 6.15. The van der Waals surface area contributed by atoms with Gasteiger partial charge in [-0.15, -0.1) is 6.58 Å². The molecule has 1 aliphatic heterocycles. The number of hydrogen-bond acceptors (Lipinski definition) is 1. The second-order valence-electron chi connectivity index (χ2n) is 8.07. The first-order valence-corrected chi connectivity index (χ1v) is 10.7. The molecule has 1 unspecified atom stereocenters. The highest BCUT2D eigenvalue weighted by Gasteiger charge is 2.45. The maximum atomic E-state index is 12.9. The van der Waals surface area contributed by atoms with E-state index in [-0.39, 0.29) is 29.7 Å². The smallest absolute Gasteiger partial charge is 0.223 e. The number of hydrogen-bond donors (Lipinski definition) is 1. The van der Waals surface area contributed by atoms with Gasteiger partial charge in [0.1, 0.15) is 0 Å². The lowest BCUT2D eigenvalue weighted by atomic mass is 9.71. The van der Waals surface area contributed by atoms with Crippen molar-refractivity contribution in [3.8, 4) is 0 Å². The summed E-state index contributed by atoms with van der Waals surface area (Å²) < 4.78 is 0. The molecule has 4 atom stereocenters. The van der Waals surface area contributed by atoms with Crippen LogP contribution in [-0.4, -0.2) is 11.9 Å². The number of amides is 1. The van der Waals surface area contributed by atoms with E-state index in [4.69, 9.17) is 23.2 Å². The molecule has 0 aromatic heterocycles. The van der Waals surface area contributed by atoms with Crippen LogP contribution in [0.4, 0.5) is 0 Å². The van der Waals surface area contributed by atoms with Crippen molar-refractivity contribution in [1.29, 1.82) is 0 Å². The number of benzene rings is 2. The molecule has 2 nitrogen and oxygen atoms in total. The van der Waals surface area contributed by atoms with Gasteiger partial charge in [0, 0.05) is 33.8 Å². The highest BCUT2D eigenvalue weighted by molar-refractivity contribution is 6.30. The fourth-order valence-electron chi connectivity index (χ4n) is 4.68. The summed E-state index contributed by atoms with van der Waals surface area (Å²) in [6, 6.07) is 16.3. The Bertz CT molecular complexity index is 859. The average molecular weight is 414 g/mol. The van der Waals surface area contributed by atoms with E-state index >= 15 is 0 Å². The van der Waals surface area contributed by atoms with Gasteiger partial charge in [0.25, 0.3) is 0 Å². The Kier molecular flexibility index (Phi) is 5.80. The topological polar surface area (TPSA) is 29.1 Å². The Hall–Kier alpha value is -1.77. The predicted molar refractivity (Wildman–Crippen MR) is 116 cm³/mol. The van der Waals surface area contributed by atoms with Gasteiger partial charge in [0.2, 0.25) is 5.91 Å². The summed E-state index contributed by atoms with van der Waals surface area (Å²) in [6.45, 7) is 3.84. The molecule has 0 radical (unpaired) electrons. The Morgan fingerprint density at radius 2 is 1.86 bits per heavy atom. The standard InChI is InChI=1S/C24H25Cl2NO/c1-2-4-18-14-21(17-5-3-6-20(26)13-17)23(27-24(18)28)22(15-7-8-15)16-9-11-19(25)12-10-16/h2-3,5-6,9-13,15,18,21-23H,1,4,7-8,14H2,(H,27,28)/t18-,21+,22?,23-/m1/s1. The summed E-state index contributed by atoms with van der Waals surface area (Å²) >= 11 is 12.4. The third-order valence-corrected chi connectivity index (χ3v) is 6.64. The van der Waals surface area contributed by atoms with E-state index in [1.807, 2.05) is 36.4 Å². The van der Waals surface area contributed by atoms with E-state index in [1.54, 1.807) is 0 Å². The van der Waals surface area contributed by atoms with Crippen LogP contribution < -0.4 is 5.32 Å². The Morgan fingerprint density at radius 3 is 2.50 bits per heavy atom. The van der Waals surface area contributed by atoms with Crippen LogP contribution in [0.3, 0.4) is 0 Å². The zero-order valence-corrected chi connectivity index (χ0v) is 17.3. The summed E-state index contributed by atoms with van der Waals surface area (Å²) in [4.78, 5) is 12.9. The van der Waals surface area contributed by atoms with Gasteiger partial charge < -0.3 is 5.32 Å². The van der Waals surface area contributed by atoms with Crippen molar-refractivity contribution < 1.29 is 4.79 Å². The molecule has 1 heterocycles. The summed E-state index contributed by atoms with van der Waals surface area (Å²) in [7, 11) is 0. The molecule has 1 amide bonds. The van der Waals surface area contributed by atoms with Crippen molar-refractivity contribution in [3.05, 3.63) is 82.4 Å². The molecule has 0 spiro atoms. The molecular formula is C24H25Cl2NO. The van der Waals surface area contributed by atoms with Gasteiger partial charge in [-0.05, 0) is 67.0 Å². The van der Waals surface area contributed by atoms with Gasteiger partial charge in [-0.3, -0.25) is 4.79 Å². The molecule has 1 aliphatic carbocycles. The molecular weight excluding hydrogens is 389 g/mol. The molecule has 2 fully saturated rings. The second-order valence-corrected chi connectivity index (χ2v) is 8.94. The van der Waals surface area contributed by atoms with Crippen LogP contribution >= 0.6 is 23.2 Å². The first-order chi connectivity index (χ1) is 13.6. The van der Waals surface area contributed by atoms with Crippen LogP contribution in [0, 0.1) is 11.8 Å². The number of allylic oxidation sites excluding steroid dienone is 1. The largest absolute Gasteiger partial charge is 0.352 e. The summed E-state index contributed by atoms with van der Waals surface area (Å²) in [5, 5.41) is 4.87. The Balaban J connectivity index is 1.73. The molecule has 2 aromatic carbocycles. The maximum absolute atomic E-state index is 12.9. The number of piperidine rings is 1. The molecule has 4 rings (SSSR count). The van der Waals surface area contributed by atoms with Crippen LogP contribution in [0.15, 0.2) is 61.2 Å². The van der Waals surface area contributed by atoms with Crippen LogP contribution in [0.1, 0.15) is 48.6 Å². The summed E-state index contributed by atoms with van der Waals surface area (Å²) in [5.41, 5.74) is 2.46. The molecule has 0 bridgehead atoms. The monoisotopic (exact) mass is 413 g/mol. The molecule has 4 heteroatoms. The number of carbonyl (C=O) groups excluding carboxylic acids is 1. The minimum Gasteiger partial charge on any atom is -0.352 e. The number of nitrogens with one attached hydrogen (secondary N) is 1. The lowest BCUT2D eigenvalue weighted by Gasteiger charge is -2.41. The van der Waals surface area contributed by atoms with Crippen LogP contribution in [0.2, 0.25) is 10.0 Å². The Labute approximate surface area is 176 Å². The van der Waals surface area contributed by atoms with Gasteiger partial charge in [0.15, 0.2) is 0 Å². The van der Waals surface area contributed by atoms with E-state index in [0.29, 0.717) is 12.3 Å². The first kappa shape index (κ1) is 19.5. The Morgan fingerprint density at radius 1 is 1.11 bits per heavy atom. The van der Waals surface area contributed by atoms with E-state index in [1.165, 1.54) is 24.0 Å². The number of carbonyl (C=O) groups is 1. The van der Waals surface area contributed by atoms with Crippen molar-refractivity contribution in [2.75, 3.05) is 0 Å². The van der Waals surface area contributed by atoms with Gasteiger partial charge in [-0.2, -0.15) is 0 Å². The fourth-order valence-corrected chi connectivity index (χ4v) is 5.01. The SMILES string of the molecule is C=CC[C@@H]1C[C@@H](c2cccc(Cl)c2)[C@H](C(c2ccc(Cl)cc2)C2CC2)NC1=O. The zero-order chi connectivity index (χ0) is 19.7. The molecule has 2 aliphatic rings. The van der Waals surface area contributed by atoms with E-state index in [0.717, 1.165) is 16.5 Å². The van der Waals surface area contributed by atoms with E-state index in [2.05, 4.69) is 30.1 Å².